The van der Waals surface area contributed by atoms with E-state index in [9.17, 15) is 8.78 Å². The zero-order valence-electron chi connectivity index (χ0n) is 5.67. The average molecular weight is 135 g/mol. The van der Waals surface area contributed by atoms with Crippen LogP contribution < -0.4 is 5.32 Å². The van der Waals surface area contributed by atoms with Crippen molar-refractivity contribution in [3.63, 3.8) is 0 Å². The smallest absolute Gasteiger partial charge is 0.286 e. The van der Waals surface area contributed by atoms with Crippen molar-refractivity contribution in [2.75, 3.05) is 7.05 Å². The van der Waals surface area contributed by atoms with E-state index in [4.69, 9.17) is 0 Å². The summed E-state index contributed by atoms with van der Waals surface area (Å²) in [7, 11) is 1.44. The SMILES string of the molecule is C=C(NC)C(F)(F)CC. The van der Waals surface area contributed by atoms with Gasteiger partial charge in [0, 0.05) is 13.5 Å². The van der Waals surface area contributed by atoms with Crippen LogP contribution in [0.15, 0.2) is 12.3 Å². The number of alkyl halides is 2. The summed E-state index contributed by atoms with van der Waals surface area (Å²) in [5.41, 5.74) is -0.218. The van der Waals surface area contributed by atoms with E-state index in [-0.39, 0.29) is 12.1 Å². The third kappa shape index (κ3) is 2.00. The molecule has 3 heteroatoms. The first-order chi connectivity index (χ1) is 4.04. The first kappa shape index (κ1) is 8.40. The van der Waals surface area contributed by atoms with Crippen LogP contribution in [0.2, 0.25) is 0 Å². The summed E-state index contributed by atoms with van der Waals surface area (Å²) in [6.45, 7) is 4.57. The molecule has 0 unspecified atom stereocenters. The van der Waals surface area contributed by atoms with Crippen LogP contribution in [0.25, 0.3) is 0 Å². The highest BCUT2D eigenvalue weighted by Gasteiger charge is 2.28. The summed E-state index contributed by atoms with van der Waals surface area (Å²) in [4.78, 5) is 0. The van der Waals surface area contributed by atoms with Gasteiger partial charge < -0.3 is 5.32 Å². The molecule has 54 valence electrons. The molecular weight excluding hydrogens is 124 g/mol. The second-order valence-electron chi connectivity index (χ2n) is 1.79. The molecule has 0 aliphatic rings. The monoisotopic (exact) mass is 135 g/mol. The Morgan fingerprint density at radius 1 is 1.67 bits per heavy atom. The fourth-order valence-electron chi connectivity index (χ4n) is 0.396. The van der Waals surface area contributed by atoms with Crippen LogP contribution >= 0.6 is 0 Å². The van der Waals surface area contributed by atoms with E-state index in [0.717, 1.165) is 0 Å². The van der Waals surface area contributed by atoms with E-state index < -0.39 is 5.92 Å². The molecule has 0 amide bonds. The molecule has 0 atom stereocenters. The van der Waals surface area contributed by atoms with Crippen molar-refractivity contribution in [2.24, 2.45) is 0 Å². The lowest BCUT2D eigenvalue weighted by Crippen LogP contribution is -2.25. The summed E-state index contributed by atoms with van der Waals surface area (Å²) < 4.78 is 24.8. The molecule has 0 fully saturated rings. The predicted molar refractivity (Wildman–Crippen MR) is 33.4 cm³/mol. The third-order valence-corrected chi connectivity index (χ3v) is 1.19. The molecular formula is C6H11F2N. The minimum absolute atomic E-state index is 0.202. The highest BCUT2D eigenvalue weighted by molar-refractivity contribution is 5.03. The molecule has 0 spiro atoms. The molecule has 1 N–H and O–H groups in total. The maximum atomic E-state index is 12.4. The third-order valence-electron chi connectivity index (χ3n) is 1.19. The number of hydrogen-bond donors (Lipinski definition) is 1. The highest BCUT2D eigenvalue weighted by Crippen LogP contribution is 2.23. The Hall–Kier alpha value is -0.600. The van der Waals surface area contributed by atoms with Crippen LogP contribution in [0.1, 0.15) is 13.3 Å². The first-order valence-corrected chi connectivity index (χ1v) is 2.79. The maximum Gasteiger partial charge on any atom is 0.286 e. The molecule has 1 nitrogen and oxygen atoms in total. The van der Waals surface area contributed by atoms with Crippen molar-refractivity contribution in [3.05, 3.63) is 12.3 Å². The van der Waals surface area contributed by atoms with Gasteiger partial charge in [-0.15, -0.1) is 0 Å². The van der Waals surface area contributed by atoms with Crippen molar-refractivity contribution in [1.82, 2.24) is 5.32 Å². The van der Waals surface area contributed by atoms with Crippen molar-refractivity contribution in [1.29, 1.82) is 0 Å². The standard InChI is InChI=1S/C6H11F2N/c1-4-6(7,8)5(2)9-3/h9H,2,4H2,1,3H3. The highest BCUT2D eigenvalue weighted by atomic mass is 19.3. The van der Waals surface area contributed by atoms with Gasteiger partial charge >= 0.3 is 0 Å². The maximum absolute atomic E-state index is 12.4. The van der Waals surface area contributed by atoms with Gasteiger partial charge in [0.25, 0.3) is 5.92 Å². The molecule has 0 rings (SSSR count). The summed E-state index contributed by atoms with van der Waals surface area (Å²) in [6, 6.07) is 0. The van der Waals surface area contributed by atoms with E-state index in [1.807, 2.05) is 0 Å². The van der Waals surface area contributed by atoms with E-state index in [1.54, 1.807) is 0 Å². The van der Waals surface area contributed by atoms with E-state index in [2.05, 4.69) is 11.9 Å². The fourth-order valence-corrected chi connectivity index (χ4v) is 0.396. The summed E-state index contributed by atoms with van der Waals surface area (Å²) in [6.07, 6.45) is -0.202. The lowest BCUT2D eigenvalue weighted by molar-refractivity contribution is 0.0320. The molecule has 0 saturated carbocycles. The zero-order valence-corrected chi connectivity index (χ0v) is 5.67. The Balaban J connectivity index is 3.97. The Kier molecular flexibility index (Phi) is 2.62. The molecule has 0 aliphatic carbocycles. The lowest BCUT2D eigenvalue weighted by Gasteiger charge is -2.15. The Bertz CT molecular complexity index is 110. The minimum Gasteiger partial charge on any atom is -0.387 e. The Morgan fingerprint density at radius 2 is 2.11 bits per heavy atom. The molecule has 0 bridgehead atoms. The summed E-state index contributed by atoms with van der Waals surface area (Å²) in [5.74, 6) is -2.76. The number of allylic oxidation sites excluding steroid dienone is 1. The molecule has 9 heavy (non-hydrogen) atoms. The molecule has 0 radical (unpaired) electrons. The number of hydrogen-bond acceptors (Lipinski definition) is 1. The largest absolute Gasteiger partial charge is 0.387 e. The van der Waals surface area contributed by atoms with Crippen LogP contribution in [0.3, 0.4) is 0 Å². The fraction of sp³-hybridized carbons (Fsp3) is 0.667. The zero-order chi connectivity index (χ0) is 7.49. The van der Waals surface area contributed by atoms with Crippen LogP contribution in [0.4, 0.5) is 8.78 Å². The summed E-state index contributed by atoms with van der Waals surface area (Å²) in [5, 5.41) is 2.31. The van der Waals surface area contributed by atoms with Crippen molar-refractivity contribution in [3.8, 4) is 0 Å². The van der Waals surface area contributed by atoms with Gasteiger partial charge in [-0.2, -0.15) is 8.78 Å². The number of rotatable bonds is 3. The van der Waals surface area contributed by atoms with Crippen molar-refractivity contribution < 1.29 is 8.78 Å². The average Bonchev–Trinajstić information content (AvgIpc) is 1.86. The summed E-state index contributed by atoms with van der Waals surface area (Å²) >= 11 is 0. The van der Waals surface area contributed by atoms with Gasteiger partial charge in [-0.25, -0.2) is 0 Å². The van der Waals surface area contributed by atoms with Gasteiger partial charge in [-0.3, -0.25) is 0 Å². The van der Waals surface area contributed by atoms with Gasteiger partial charge in [-0.1, -0.05) is 13.5 Å². The molecule has 0 aromatic heterocycles. The predicted octanol–water partition coefficient (Wildman–Crippen LogP) is 1.76. The van der Waals surface area contributed by atoms with Gasteiger partial charge in [0.15, 0.2) is 0 Å². The van der Waals surface area contributed by atoms with Gasteiger partial charge in [0.05, 0.1) is 5.70 Å². The van der Waals surface area contributed by atoms with Crippen LogP contribution in [-0.2, 0) is 0 Å². The van der Waals surface area contributed by atoms with Gasteiger partial charge in [0.2, 0.25) is 0 Å². The van der Waals surface area contributed by atoms with Crippen LogP contribution in [-0.4, -0.2) is 13.0 Å². The number of nitrogens with one attached hydrogen (secondary N) is 1. The lowest BCUT2D eigenvalue weighted by atomic mass is 10.2. The molecule has 0 aliphatic heterocycles. The van der Waals surface area contributed by atoms with E-state index in [1.165, 1.54) is 14.0 Å². The quantitative estimate of drug-likeness (QED) is 0.621. The van der Waals surface area contributed by atoms with Gasteiger partial charge in [-0.05, 0) is 0 Å². The van der Waals surface area contributed by atoms with E-state index in [0.29, 0.717) is 0 Å². The minimum atomic E-state index is -2.76. The van der Waals surface area contributed by atoms with Gasteiger partial charge in [0.1, 0.15) is 0 Å². The van der Waals surface area contributed by atoms with Crippen molar-refractivity contribution in [2.45, 2.75) is 19.3 Å². The topological polar surface area (TPSA) is 12.0 Å². The second kappa shape index (κ2) is 2.80. The second-order valence-corrected chi connectivity index (χ2v) is 1.79. The molecule has 0 aromatic rings. The molecule has 0 aromatic carbocycles. The van der Waals surface area contributed by atoms with Crippen molar-refractivity contribution >= 4 is 0 Å². The van der Waals surface area contributed by atoms with Crippen LogP contribution in [0.5, 0.6) is 0 Å². The Labute approximate surface area is 53.8 Å². The first-order valence-electron chi connectivity index (χ1n) is 2.79. The number of halogens is 2. The van der Waals surface area contributed by atoms with Crippen LogP contribution in [0, 0.1) is 0 Å². The Morgan fingerprint density at radius 3 is 2.22 bits per heavy atom. The molecule has 0 saturated heterocycles. The normalized spacial score (nSPS) is 11.1. The van der Waals surface area contributed by atoms with E-state index >= 15 is 0 Å². The molecule has 0 heterocycles.